The van der Waals surface area contributed by atoms with Gasteiger partial charge in [0.1, 0.15) is 0 Å². The van der Waals surface area contributed by atoms with Gasteiger partial charge in [0.2, 0.25) is 0 Å². The van der Waals surface area contributed by atoms with Crippen LogP contribution in [0.5, 0.6) is 0 Å². The molecule has 0 atom stereocenters. The lowest BCUT2D eigenvalue weighted by Crippen LogP contribution is -2.11. The highest BCUT2D eigenvalue weighted by molar-refractivity contribution is 5.73. The van der Waals surface area contributed by atoms with Crippen molar-refractivity contribution in [2.75, 3.05) is 12.3 Å². The zero-order valence-electron chi connectivity index (χ0n) is 8.41. The summed E-state index contributed by atoms with van der Waals surface area (Å²) in [5.74, 6) is -0.294. The van der Waals surface area contributed by atoms with Crippen molar-refractivity contribution < 1.29 is 9.53 Å². The van der Waals surface area contributed by atoms with Crippen molar-refractivity contribution in [3.8, 4) is 0 Å². The molecule has 2 N–H and O–H groups in total. The Labute approximate surface area is 83.1 Å². The van der Waals surface area contributed by atoms with Crippen molar-refractivity contribution in [2.24, 2.45) is 0 Å². The molecule has 0 unspecified atom stereocenters. The van der Waals surface area contributed by atoms with Gasteiger partial charge in [-0.15, -0.1) is 0 Å². The third-order valence-corrected chi connectivity index (χ3v) is 1.77. The monoisotopic (exact) mass is 194 g/mol. The number of aryl methyl sites for hydroxylation is 1. The van der Waals surface area contributed by atoms with Crippen LogP contribution in [-0.4, -0.2) is 17.6 Å². The number of carbonyl (C=O) groups excluding carboxylic acids is 1. The molecule has 1 heterocycles. The van der Waals surface area contributed by atoms with E-state index in [1.807, 2.05) is 13.0 Å². The van der Waals surface area contributed by atoms with Crippen LogP contribution in [0.4, 0.5) is 5.69 Å². The van der Waals surface area contributed by atoms with E-state index < -0.39 is 0 Å². The Hall–Kier alpha value is -1.58. The predicted molar refractivity (Wildman–Crippen MR) is 53.7 cm³/mol. The molecule has 0 radical (unpaired) electrons. The number of pyridine rings is 1. The second kappa shape index (κ2) is 4.60. The molecule has 0 saturated carbocycles. The van der Waals surface area contributed by atoms with E-state index in [9.17, 15) is 4.79 Å². The normalized spacial score (nSPS) is 9.86. The van der Waals surface area contributed by atoms with Gasteiger partial charge in [0, 0.05) is 5.69 Å². The lowest BCUT2D eigenvalue weighted by atomic mass is 10.2. The van der Waals surface area contributed by atoms with Crippen LogP contribution in [0.15, 0.2) is 12.1 Å². The Kier molecular flexibility index (Phi) is 3.45. The van der Waals surface area contributed by atoms with Crippen molar-refractivity contribution in [1.29, 1.82) is 0 Å². The van der Waals surface area contributed by atoms with E-state index in [0.717, 1.165) is 5.69 Å². The van der Waals surface area contributed by atoms with Gasteiger partial charge in [-0.2, -0.15) is 0 Å². The first-order chi connectivity index (χ1) is 6.63. The fourth-order valence-corrected chi connectivity index (χ4v) is 1.11. The highest BCUT2D eigenvalue weighted by Gasteiger charge is 2.08. The summed E-state index contributed by atoms with van der Waals surface area (Å²) in [6.45, 7) is 4.00. The van der Waals surface area contributed by atoms with Gasteiger partial charge >= 0.3 is 5.97 Å². The number of nitrogen functional groups attached to an aromatic ring is 1. The molecule has 4 nitrogen and oxygen atoms in total. The first kappa shape index (κ1) is 10.5. The summed E-state index contributed by atoms with van der Waals surface area (Å²) in [6.07, 6.45) is 0.140. The fraction of sp³-hybridized carbons (Fsp3) is 0.400. The molecule has 1 rings (SSSR count). The molecular formula is C10H14N2O2. The number of aromatic nitrogens is 1. The second-order valence-corrected chi connectivity index (χ2v) is 2.97. The molecule has 0 saturated heterocycles. The molecule has 1 aromatic rings. The van der Waals surface area contributed by atoms with Crippen molar-refractivity contribution in [1.82, 2.24) is 4.98 Å². The van der Waals surface area contributed by atoms with Crippen molar-refractivity contribution in [2.45, 2.75) is 20.3 Å². The molecule has 76 valence electrons. The highest BCUT2D eigenvalue weighted by atomic mass is 16.5. The standard InChI is InChI=1S/C10H14N2O2/c1-3-14-10(13)6-9-8(11)5-4-7(2)12-9/h4-5H,3,6,11H2,1-2H3. The van der Waals surface area contributed by atoms with Crippen LogP contribution in [0.25, 0.3) is 0 Å². The molecule has 1 aromatic heterocycles. The third kappa shape index (κ3) is 2.73. The molecule has 0 fully saturated rings. The van der Waals surface area contributed by atoms with Crippen LogP contribution in [0.1, 0.15) is 18.3 Å². The average Bonchev–Trinajstić information content (AvgIpc) is 2.12. The number of carbonyl (C=O) groups is 1. The molecule has 0 spiro atoms. The van der Waals surface area contributed by atoms with E-state index in [0.29, 0.717) is 18.0 Å². The highest BCUT2D eigenvalue weighted by Crippen LogP contribution is 2.10. The Morgan fingerprint density at radius 2 is 2.29 bits per heavy atom. The molecular weight excluding hydrogens is 180 g/mol. The molecule has 0 bridgehead atoms. The predicted octanol–water partition coefficient (Wildman–Crippen LogP) is 1.08. The number of rotatable bonds is 3. The zero-order chi connectivity index (χ0) is 10.6. The lowest BCUT2D eigenvalue weighted by molar-refractivity contribution is -0.142. The minimum atomic E-state index is -0.294. The number of nitrogens with zero attached hydrogens (tertiary/aromatic N) is 1. The minimum absolute atomic E-state index is 0.140. The largest absolute Gasteiger partial charge is 0.466 e. The van der Waals surface area contributed by atoms with Crippen LogP contribution in [-0.2, 0) is 16.0 Å². The second-order valence-electron chi connectivity index (χ2n) is 2.97. The number of nitrogens with two attached hydrogens (primary N) is 1. The van der Waals surface area contributed by atoms with E-state index in [1.165, 1.54) is 0 Å². The smallest absolute Gasteiger partial charge is 0.311 e. The zero-order valence-corrected chi connectivity index (χ0v) is 8.41. The van der Waals surface area contributed by atoms with Crippen LogP contribution >= 0.6 is 0 Å². The third-order valence-electron chi connectivity index (χ3n) is 1.77. The minimum Gasteiger partial charge on any atom is -0.466 e. The van der Waals surface area contributed by atoms with Crippen LogP contribution in [0, 0.1) is 6.92 Å². The van der Waals surface area contributed by atoms with Gasteiger partial charge in [-0.1, -0.05) is 0 Å². The van der Waals surface area contributed by atoms with Crippen LogP contribution < -0.4 is 5.73 Å². The Morgan fingerprint density at radius 1 is 1.57 bits per heavy atom. The fourth-order valence-electron chi connectivity index (χ4n) is 1.11. The van der Waals surface area contributed by atoms with Gasteiger partial charge in [0.15, 0.2) is 0 Å². The summed E-state index contributed by atoms with van der Waals surface area (Å²) in [5.41, 5.74) is 7.63. The molecule has 0 aromatic carbocycles. The Bertz CT molecular complexity index is 337. The molecule has 4 heteroatoms. The van der Waals surface area contributed by atoms with Crippen molar-refractivity contribution >= 4 is 11.7 Å². The lowest BCUT2D eigenvalue weighted by Gasteiger charge is -2.05. The van der Waals surface area contributed by atoms with Crippen LogP contribution in [0.2, 0.25) is 0 Å². The number of anilines is 1. The SMILES string of the molecule is CCOC(=O)Cc1nc(C)ccc1N. The van der Waals surface area contributed by atoms with E-state index >= 15 is 0 Å². The topological polar surface area (TPSA) is 65.2 Å². The van der Waals surface area contributed by atoms with Gasteiger partial charge in [0.25, 0.3) is 0 Å². The molecule has 0 aliphatic heterocycles. The van der Waals surface area contributed by atoms with E-state index in [4.69, 9.17) is 10.5 Å². The maximum Gasteiger partial charge on any atom is 0.311 e. The first-order valence-electron chi connectivity index (χ1n) is 4.51. The van der Waals surface area contributed by atoms with Gasteiger partial charge in [0.05, 0.1) is 24.4 Å². The molecule has 0 aliphatic carbocycles. The summed E-state index contributed by atoms with van der Waals surface area (Å²) in [7, 11) is 0. The number of esters is 1. The van der Waals surface area contributed by atoms with E-state index in [-0.39, 0.29) is 12.4 Å². The summed E-state index contributed by atoms with van der Waals surface area (Å²) >= 11 is 0. The quantitative estimate of drug-likeness (QED) is 0.731. The van der Waals surface area contributed by atoms with Gasteiger partial charge in [-0.05, 0) is 26.0 Å². The summed E-state index contributed by atoms with van der Waals surface area (Å²) < 4.78 is 4.81. The number of ether oxygens (including phenoxy) is 1. The van der Waals surface area contributed by atoms with Crippen molar-refractivity contribution in [3.63, 3.8) is 0 Å². The Balaban J connectivity index is 2.75. The van der Waals surface area contributed by atoms with Gasteiger partial charge in [-0.25, -0.2) is 0 Å². The van der Waals surface area contributed by atoms with Gasteiger partial charge < -0.3 is 10.5 Å². The van der Waals surface area contributed by atoms with E-state index in [1.54, 1.807) is 13.0 Å². The summed E-state index contributed by atoms with van der Waals surface area (Å²) in [5, 5.41) is 0. The average molecular weight is 194 g/mol. The number of hydrogen-bond donors (Lipinski definition) is 1. The maximum absolute atomic E-state index is 11.2. The molecule has 0 amide bonds. The maximum atomic E-state index is 11.2. The molecule has 14 heavy (non-hydrogen) atoms. The Morgan fingerprint density at radius 3 is 2.93 bits per heavy atom. The molecule has 0 aliphatic rings. The van der Waals surface area contributed by atoms with Gasteiger partial charge in [-0.3, -0.25) is 9.78 Å². The van der Waals surface area contributed by atoms with Crippen LogP contribution in [0.3, 0.4) is 0 Å². The number of hydrogen-bond acceptors (Lipinski definition) is 4. The van der Waals surface area contributed by atoms with E-state index in [2.05, 4.69) is 4.98 Å². The van der Waals surface area contributed by atoms with Crippen molar-refractivity contribution in [3.05, 3.63) is 23.5 Å². The summed E-state index contributed by atoms with van der Waals surface area (Å²) in [6, 6.07) is 3.56. The summed E-state index contributed by atoms with van der Waals surface area (Å²) in [4.78, 5) is 15.3. The first-order valence-corrected chi connectivity index (χ1v) is 4.51.